The van der Waals surface area contributed by atoms with E-state index in [1.54, 1.807) is 17.8 Å². The predicted molar refractivity (Wildman–Crippen MR) is 299 cm³/mol. The molecule has 0 spiro atoms. The Morgan fingerprint density at radius 3 is 1.47 bits per heavy atom. The maximum Gasteiger partial charge on any atom is 0.200 e. The summed E-state index contributed by atoms with van der Waals surface area (Å²) in [5.41, 5.74) is 6.78. The molecular formula is C62H82O11SSi. The topological polar surface area (TPSA) is 113 Å². The zero-order valence-corrected chi connectivity index (χ0v) is 47.0. The molecule has 0 aliphatic carbocycles. The van der Waals surface area contributed by atoms with E-state index >= 15 is 0 Å². The third-order valence-electron chi connectivity index (χ3n) is 14.2. The summed E-state index contributed by atoms with van der Waals surface area (Å²) in [7, 11) is -2.26. The molecule has 5 aromatic carbocycles. The van der Waals surface area contributed by atoms with Gasteiger partial charge in [-0.3, -0.25) is 0 Å². The van der Waals surface area contributed by atoms with E-state index in [2.05, 4.69) is 79.3 Å². The zero-order valence-electron chi connectivity index (χ0n) is 45.2. The molecule has 10 atom stereocenters. The number of rotatable bonds is 30. The Hall–Kier alpha value is -4.03. The lowest BCUT2D eigenvalue weighted by molar-refractivity contribution is -0.324. The monoisotopic (exact) mass is 1060 g/mol. The second-order valence-electron chi connectivity index (χ2n) is 20.4. The quantitative estimate of drug-likeness (QED) is 0.0349. The highest BCUT2D eigenvalue weighted by Crippen LogP contribution is 2.44. The van der Waals surface area contributed by atoms with Gasteiger partial charge in [0.15, 0.2) is 14.6 Å². The summed E-state index contributed by atoms with van der Waals surface area (Å²) in [6.07, 6.45) is -4.42. The van der Waals surface area contributed by atoms with Crippen molar-refractivity contribution >= 4 is 20.1 Å². The van der Waals surface area contributed by atoms with Crippen molar-refractivity contribution in [2.45, 2.75) is 165 Å². The van der Waals surface area contributed by atoms with Crippen molar-refractivity contribution < 1.29 is 52.2 Å². The highest BCUT2D eigenvalue weighted by Gasteiger charge is 2.52. The van der Waals surface area contributed by atoms with E-state index in [-0.39, 0.29) is 45.1 Å². The standard InChI is InChI=1S/C62H82O11SSi/c1-9-34-65-56-54(43-71-75(44(3)4,45(5)6)46(7)8)73-62(74-10-2)60(69-39-49-28-19-13-20-29-49)58(56)67-41-52-33-23-32-51(35-52)36-64-42-53-55(63)57(66-37-47-24-15-11-16-25-47)59(68-38-48-26-17-12-18-27-48)61(72-53)70-40-50-30-21-14-22-31-50/h9,11-33,35,44-46,53-63H,1,10,34,36-43H2,2-8H3/t53-,54-,55-,56-,57+,58+,59-,60-,61+,62+/m1/s1. The molecule has 0 unspecified atom stereocenters. The number of benzene rings is 5. The first kappa shape index (κ1) is 58.6. The predicted octanol–water partition coefficient (Wildman–Crippen LogP) is 12.4. The number of aliphatic hydroxyl groups is 1. The lowest BCUT2D eigenvalue weighted by Gasteiger charge is -2.48. The van der Waals surface area contributed by atoms with Gasteiger partial charge in [-0.05, 0) is 55.8 Å². The van der Waals surface area contributed by atoms with Crippen LogP contribution in [-0.2, 0) is 86.7 Å². The van der Waals surface area contributed by atoms with Crippen molar-refractivity contribution in [3.8, 4) is 0 Å². The molecule has 2 aliphatic rings. The van der Waals surface area contributed by atoms with Gasteiger partial charge < -0.3 is 52.2 Å². The number of aliphatic hydroxyl groups excluding tert-OH is 1. The van der Waals surface area contributed by atoms with E-state index in [1.165, 1.54) is 0 Å². The first-order chi connectivity index (χ1) is 36.5. The van der Waals surface area contributed by atoms with Crippen LogP contribution in [0.1, 0.15) is 81.8 Å². The molecular weight excluding hydrogens is 981 g/mol. The fraction of sp³-hybridized carbons (Fsp3) is 0.484. The van der Waals surface area contributed by atoms with E-state index in [9.17, 15) is 5.11 Å². The molecule has 1 N–H and O–H groups in total. The summed E-state index contributed by atoms with van der Waals surface area (Å²) in [6, 6.07) is 48.1. The molecule has 2 aliphatic heterocycles. The summed E-state index contributed by atoms with van der Waals surface area (Å²) in [4.78, 5) is 0. The van der Waals surface area contributed by atoms with Gasteiger partial charge >= 0.3 is 0 Å². The number of ether oxygens (including phenoxy) is 9. The summed E-state index contributed by atoms with van der Waals surface area (Å²) >= 11 is 1.72. The van der Waals surface area contributed by atoms with Crippen LogP contribution in [0.4, 0.5) is 0 Å². The SMILES string of the molecule is C=CCO[C@H]1[C@H](OCc2cccc(COC[C@H]3O[C@H](OCc4ccccc4)[C@H](OCc4ccccc4)[C@@H](OCc4ccccc4)[C@@H]3O)c2)[C@@H](OCc2ccccc2)[C@H](SCC)O[C@@H]1CO[Si](C(C)C)(C(C)C)C(C)C. The second-order valence-corrected chi connectivity index (χ2v) is 27.3. The van der Waals surface area contributed by atoms with Crippen LogP contribution in [0.5, 0.6) is 0 Å². The van der Waals surface area contributed by atoms with Crippen molar-refractivity contribution in [2.75, 3.05) is 25.6 Å². The van der Waals surface area contributed by atoms with Crippen LogP contribution < -0.4 is 0 Å². The Kier molecular flexibility index (Phi) is 23.6. The Labute approximate surface area is 452 Å². The van der Waals surface area contributed by atoms with Crippen LogP contribution in [0.2, 0.25) is 16.6 Å². The molecule has 75 heavy (non-hydrogen) atoms. The number of thioether (sulfide) groups is 1. The van der Waals surface area contributed by atoms with Gasteiger partial charge in [-0.2, -0.15) is 0 Å². The molecule has 13 heteroatoms. The average molecular weight is 1060 g/mol. The number of hydrogen-bond donors (Lipinski definition) is 1. The average Bonchev–Trinajstić information content (AvgIpc) is 3.42. The van der Waals surface area contributed by atoms with Gasteiger partial charge in [0.05, 0.1) is 59.5 Å². The third kappa shape index (κ3) is 16.5. The van der Waals surface area contributed by atoms with Crippen molar-refractivity contribution in [2.24, 2.45) is 0 Å². The molecule has 7 rings (SSSR count). The van der Waals surface area contributed by atoms with E-state index in [0.29, 0.717) is 36.4 Å². The van der Waals surface area contributed by atoms with E-state index in [4.69, 9.17) is 47.1 Å². The maximum atomic E-state index is 12.1. The molecule has 2 heterocycles. The maximum absolute atomic E-state index is 12.1. The van der Waals surface area contributed by atoms with Gasteiger partial charge in [0, 0.05) is 0 Å². The lowest BCUT2D eigenvalue weighted by Crippen LogP contribution is -2.61. The Morgan fingerprint density at radius 2 is 0.960 bits per heavy atom. The Bertz CT molecular complexity index is 2340. The largest absolute Gasteiger partial charge is 0.413 e. The minimum atomic E-state index is -2.26. The molecule has 0 bridgehead atoms. The van der Waals surface area contributed by atoms with E-state index in [0.717, 1.165) is 39.1 Å². The van der Waals surface area contributed by atoms with Crippen LogP contribution in [-0.4, -0.2) is 99.6 Å². The normalized spacial score (nSPS) is 24.3. The first-order valence-corrected chi connectivity index (χ1v) is 30.1. The fourth-order valence-corrected chi connectivity index (χ4v) is 17.1. The lowest BCUT2D eigenvalue weighted by atomic mass is 9.98. The van der Waals surface area contributed by atoms with E-state index in [1.807, 2.05) is 121 Å². The van der Waals surface area contributed by atoms with Crippen LogP contribution in [0.25, 0.3) is 0 Å². The fourth-order valence-electron chi connectivity index (χ4n) is 10.7. The van der Waals surface area contributed by atoms with E-state index < -0.39 is 63.4 Å². The van der Waals surface area contributed by atoms with Crippen LogP contribution >= 0.6 is 11.8 Å². The van der Waals surface area contributed by atoms with Gasteiger partial charge in [0.1, 0.15) is 54.3 Å². The van der Waals surface area contributed by atoms with Gasteiger partial charge in [0.25, 0.3) is 0 Å². The van der Waals surface area contributed by atoms with Gasteiger partial charge in [-0.1, -0.05) is 200 Å². The minimum absolute atomic E-state index is 0.0725. The van der Waals surface area contributed by atoms with Crippen molar-refractivity contribution in [1.29, 1.82) is 0 Å². The smallest absolute Gasteiger partial charge is 0.200 e. The van der Waals surface area contributed by atoms with Gasteiger partial charge in [-0.15, -0.1) is 18.3 Å². The zero-order chi connectivity index (χ0) is 53.0. The van der Waals surface area contributed by atoms with Gasteiger partial charge in [0.2, 0.25) is 0 Å². The molecule has 2 fully saturated rings. The van der Waals surface area contributed by atoms with Crippen LogP contribution in [0, 0.1) is 0 Å². The van der Waals surface area contributed by atoms with Crippen molar-refractivity contribution in [1.82, 2.24) is 0 Å². The highest BCUT2D eigenvalue weighted by atomic mass is 32.2. The van der Waals surface area contributed by atoms with Crippen molar-refractivity contribution in [3.05, 3.63) is 192 Å². The summed E-state index contributed by atoms with van der Waals surface area (Å²) in [5, 5.41) is 12.1. The second kappa shape index (κ2) is 30.2. The van der Waals surface area contributed by atoms with Crippen LogP contribution in [0.3, 0.4) is 0 Å². The molecule has 0 radical (unpaired) electrons. The van der Waals surface area contributed by atoms with Crippen LogP contribution in [0.15, 0.2) is 158 Å². The minimum Gasteiger partial charge on any atom is -0.413 e. The van der Waals surface area contributed by atoms with Gasteiger partial charge in [-0.25, -0.2) is 0 Å². The Morgan fingerprint density at radius 1 is 0.507 bits per heavy atom. The Balaban J connectivity index is 1.08. The first-order valence-electron chi connectivity index (χ1n) is 26.9. The molecule has 5 aromatic rings. The number of hydrogen-bond acceptors (Lipinski definition) is 12. The molecule has 11 nitrogen and oxygen atoms in total. The third-order valence-corrected chi connectivity index (χ3v) is 21.4. The molecule has 0 amide bonds. The highest BCUT2D eigenvalue weighted by molar-refractivity contribution is 7.99. The molecule has 0 saturated carbocycles. The molecule has 2 saturated heterocycles. The summed E-state index contributed by atoms with van der Waals surface area (Å²) in [6.45, 7) is 22.5. The summed E-state index contributed by atoms with van der Waals surface area (Å²) < 4.78 is 67.5. The molecule has 0 aromatic heterocycles. The molecule has 406 valence electrons. The summed E-state index contributed by atoms with van der Waals surface area (Å²) in [5.74, 6) is 0.827. The van der Waals surface area contributed by atoms with Crippen molar-refractivity contribution in [3.63, 3.8) is 0 Å².